The van der Waals surface area contributed by atoms with Gasteiger partial charge in [0.2, 0.25) is 0 Å². The van der Waals surface area contributed by atoms with E-state index in [4.69, 9.17) is 5.26 Å². The first-order valence-corrected chi connectivity index (χ1v) is 6.68. The number of carbonyl (C=O) groups is 1. The molecule has 0 fully saturated rings. The molecule has 0 aliphatic carbocycles. The van der Waals surface area contributed by atoms with E-state index in [9.17, 15) is 9.90 Å². The first-order chi connectivity index (χ1) is 10.2. The van der Waals surface area contributed by atoms with E-state index in [1.54, 1.807) is 0 Å². The van der Waals surface area contributed by atoms with Gasteiger partial charge >= 0.3 is 5.97 Å². The van der Waals surface area contributed by atoms with Gasteiger partial charge < -0.3 is 5.11 Å². The molecule has 0 aliphatic rings. The number of nitriles is 1. The van der Waals surface area contributed by atoms with Crippen LogP contribution in [0.15, 0.2) is 66.2 Å². The Bertz CT molecular complexity index is 682. The number of allylic oxidation sites excluding steroid dienone is 1. The minimum absolute atomic E-state index is 0.183. The second kappa shape index (κ2) is 7.06. The molecule has 104 valence electrons. The molecule has 3 nitrogen and oxygen atoms in total. The highest BCUT2D eigenvalue weighted by atomic mass is 16.4. The van der Waals surface area contributed by atoms with Crippen LogP contribution in [0.25, 0.3) is 5.57 Å². The van der Waals surface area contributed by atoms with Crippen LogP contribution in [0.4, 0.5) is 0 Å². The lowest BCUT2D eigenvalue weighted by atomic mass is 9.94. The highest BCUT2D eigenvalue weighted by molar-refractivity contribution is 6.00. The minimum Gasteiger partial charge on any atom is -0.477 e. The number of rotatable bonds is 5. The lowest BCUT2D eigenvalue weighted by molar-refractivity contribution is -0.132. The number of carboxylic acids is 1. The maximum Gasteiger partial charge on any atom is 0.346 e. The third-order valence-electron chi connectivity index (χ3n) is 3.26. The zero-order chi connectivity index (χ0) is 15.1. The van der Waals surface area contributed by atoms with E-state index >= 15 is 0 Å². The summed E-state index contributed by atoms with van der Waals surface area (Å²) in [6.07, 6.45) is 1.22. The molecule has 0 aromatic heterocycles. The Kier molecular flexibility index (Phi) is 4.89. The van der Waals surface area contributed by atoms with Crippen molar-refractivity contribution in [1.82, 2.24) is 0 Å². The number of benzene rings is 2. The van der Waals surface area contributed by atoms with Gasteiger partial charge in [-0.1, -0.05) is 60.7 Å². The van der Waals surface area contributed by atoms with Crippen molar-refractivity contribution in [2.24, 2.45) is 0 Å². The fourth-order valence-corrected chi connectivity index (χ4v) is 2.21. The van der Waals surface area contributed by atoms with Gasteiger partial charge in [-0.25, -0.2) is 4.79 Å². The zero-order valence-corrected chi connectivity index (χ0v) is 11.5. The van der Waals surface area contributed by atoms with E-state index in [0.29, 0.717) is 18.4 Å². The Morgan fingerprint density at radius 1 is 1.00 bits per heavy atom. The minimum atomic E-state index is -1.18. The number of aliphatic carboxylic acids is 1. The molecule has 0 atom stereocenters. The van der Waals surface area contributed by atoms with Crippen molar-refractivity contribution < 1.29 is 9.90 Å². The maximum atomic E-state index is 11.3. The first-order valence-electron chi connectivity index (χ1n) is 6.68. The average molecular weight is 277 g/mol. The Morgan fingerprint density at radius 2 is 1.57 bits per heavy atom. The number of hydrogen-bond donors (Lipinski definition) is 1. The van der Waals surface area contributed by atoms with Crippen LogP contribution in [0.3, 0.4) is 0 Å². The van der Waals surface area contributed by atoms with Crippen molar-refractivity contribution >= 4 is 11.5 Å². The molecule has 0 unspecified atom stereocenters. The SMILES string of the molecule is N#CC(C(=O)O)=C(CCc1ccccc1)c1ccccc1. The fraction of sp³-hybridized carbons (Fsp3) is 0.111. The van der Waals surface area contributed by atoms with Gasteiger partial charge in [0.1, 0.15) is 11.6 Å². The molecule has 2 rings (SSSR count). The largest absolute Gasteiger partial charge is 0.477 e. The van der Waals surface area contributed by atoms with Gasteiger partial charge in [0.25, 0.3) is 0 Å². The van der Waals surface area contributed by atoms with Gasteiger partial charge in [-0.2, -0.15) is 5.26 Å². The Morgan fingerprint density at radius 3 is 2.10 bits per heavy atom. The number of aryl methyl sites for hydroxylation is 1. The third-order valence-corrected chi connectivity index (χ3v) is 3.26. The quantitative estimate of drug-likeness (QED) is 0.670. The summed E-state index contributed by atoms with van der Waals surface area (Å²) in [7, 11) is 0. The van der Waals surface area contributed by atoms with E-state index in [1.807, 2.05) is 66.7 Å². The Hall–Kier alpha value is -2.86. The number of hydrogen-bond acceptors (Lipinski definition) is 2. The summed E-state index contributed by atoms with van der Waals surface area (Å²) < 4.78 is 0. The average Bonchev–Trinajstić information content (AvgIpc) is 2.53. The monoisotopic (exact) mass is 277 g/mol. The molecule has 0 saturated heterocycles. The van der Waals surface area contributed by atoms with Gasteiger partial charge in [0.15, 0.2) is 0 Å². The van der Waals surface area contributed by atoms with Gasteiger partial charge in [-0.3, -0.25) is 0 Å². The molecule has 0 radical (unpaired) electrons. The summed E-state index contributed by atoms with van der Waals surface area (Å²) in [6.45, 7) is 0. The van der Waals surface area contributed by atoms with Crippen molar-refractivity contribution in [3.63, 3.8) is 0 Å². The summed E-state index contributed by atoms with van der Waals surface area (Å²) in [5.74, 6) is -1.18. The van der Waals surface area contributed by atoms with E-state index in [-0.39, 0.29) is 5.57 Å². The van der Waals surface area contributed by atoms with Crippen molar-refractivity contribution in [1.29, 1.82) is 5.26 Å². The number of carboxylic acid groups (broad SMARTS) is 1. The van der Waals surface area contributed by atoms with E-state index in [2.05, 4.69) is 0 Å². The van der Waals surface area contributed by atoms with E-state index in [0.717, 1.165) is 11.1 Å². The van der Waals surface area contributed by atoms with Crippen molar-refractivity contribution in [2.45, 2.75) is 12.8 Å². The summed E-state index contributed by atoms with van der Waals surface area (Å²) >= 11 is 0. The fourth-order valence-electron chi connectivity index (χ4n) is 2.21. The predicted octanol–water partition coefficient (Wildman–Crippen LogP) is 3.68. The predicted molar refractivity (Wildman–Crippen MR) is 81.4 cm³/mol. The molecule has 3 heteroatoms. The summed E-state index contributed by atoms with van der Waals surface area (Å²) in [4.78, 5) is 11.3. The van der Waals surface area contributed by atoms with Crippen molar-refractivity contribution in [3.8, 4) is 6.07 Å². The molecule has 0 amide bonds. The highest BCUT2D eigenvalue weighted by Gasteiger charge is 2.15. The lowest BCUT2D eigenvalue weighted by Gasteiger charge is -2.09. The molecule has 0 spiro atoms. The second-order valence-corrected chi connectivity index (χ2v) is 4.62. The lowest BCUT2D eigenvalue weighted by Crippen LogP contribution is -2.03. The smallest absolute Gasteiger partial charge is 0.346 e. The van der Waals surface area contributed by atoms with Gasteiger partial charge in [-0.15, -0.1) is 0 Å². The van der Waals surface area contributed by atoms with E-state index < -0.39 is 5.97 Å². The third kappa shape index (κ3) is 3.80. The van der Waals surface area contributed by atoms with Crippen LogP contribution in [0.5, 0.6) is 0 Å². The Balaban J connectivity index is 2.34. The van der Waals surface area contributed by atoms with Crippen molar-refractivity contribution in [3.05, 3.63) is 77.4 Å². The van der Waals surface area contributed by atoms with Crippen LogP contribution in [-0.4, -0.2) is 11.1 Å². The first kappa shape index (κ1) is 14.5. The molecule has 0 bridgehead atoms. The summed E-state index contributed by atoms with van der Waals surface area (Å²) in [5, 5.41) is 18.4. The standard InChI is InChI=1S/C18H15NO2/c19-13-17(18(20)21)16(15-9-5-2-6-10-15)12-11-14-7-3-1-4-8-14/h1-10H,11-12H2,(H,20,21). The van der Waals surface area contributed by atoms with Crippen molar-refractivity contribution in [2.75, 3.05) is 0 Å². The summed E-state index contributed by atoms with van der Waals surface area (Å²) in [6, 6.07) is 20.9. The van der Waals surface area contributed by atoms with Gasteiger partial charge in [-0.05, 0) is 29.5 Å². The molecule has 0 heterocycles. The molecule has 21 heavy (non-hydrogen) atoms. The van der Waals surface area contributed by atoms with Crippen LogP contribution in [0.1, 0.15) is 17.5 Å². The molecular formula is C18H15NO2. The van der Waals surface area contributed by atoms with Crippen LogP contribution >= 0.6 is 0 Å². The van der Waals surface area contributed by atoms with Crippen LogP contribution in [0, 0.1) is 11.3 Å². The molecular weight excluding hydrogens is 262 g/mol. The Labute approximate surface area is 123 Å². The van der Waals surface area contributed by atoms with Gasteiger partial charge in [0, 0.05) is 0 Å². The topological polar surface area (TPSA) is 61.1 Å². The molecule has 0 saturated carbocycles. The van der Waals surface area contributed by atoms with Crippen LogP contribution < -0.4 is 0 Å². The normalized spacial score (nSPS) is 11.4. The molecule has 0 aliphatic heterocycles. The summed E-state index contributed by atoms with van der Waals surface area (Å²) in [5.41, 5.74) is 2.30. The molecule has 1 N–H and O–H groups in total. The number of nitrogens with zero attached hydrogens (tertiary/aromatic N) is 1. The highest BCUT2D eigenvalue weighted by Crippen LogP contribution is 2.24. The molecule has 2 aromatic carbocycles. The van der Waals surface area contributed by atoms with Crippen LogP contribution in [-0.2, 0) is 11.2 Å². The maximum absolute atomic E-state index is 11.3. The second-order valence-electron chi connectivity index (χ2n) is 4.62. The van der Waals surface area contributed by atoms with Crippen LogP contribution in [0.2, 0.25) is 0 Å². The molecule has 2 aromatic rings. The van der Waals surface area contributed by atoms with Gasteiger partial charge in [0.05, 0.1) is 0 Å². The zero-order valence-electron chi connectivity index (χ0n) is 11.5. The van der Waals surface area contributed by atoms with E-state index in [1.165, 1.54) is 0 Å².